The molecule has 6 nitrogen and oxygen atoms in total. The molecule has 0 saturated carbocycles. The van der Waals surface area contributed by atoms with Crippen molar-refractivity contribution in [2.24, 2.45) is 5.92 Å². The molecule has 0 spiro atoms. The topological polar surface area (TPSA) is 76.1 Å². The SMILES string of the molecule is COc1cc(/C=C/C(=O)N2CCC(C(=O)O)CC2)ccc1OC(C)C. The second-order valence-electron chi connectivity index (χ2n) is 6.35. The van der Waals surface area contributed by atoms with Gasteiger partial charge in [0, 0.05) is 19.2 Å². The fourth-order valence-electron chi connectivity index (χ4n) is 2.76. The molecular weight excluding hydrogens is 322 g/mol. The zero-order chi connectivity index (χ0) is 18.4. The zero-order valence-electron chi connectivity index (χ0n) is 14.9. The Balaban J connectivity index is 1.99. The van der Waals surface area contributed by atoms with Crippen LogP contribution in [0.1, 0.15) is 32.3 Å². The number of methoxy groups -OCH3 is 1. The van der Waals surface area contributed by atoms with E-state index in [1.165, 1.54) is 6.08 Å². The van der Waals surface area contributed by atoms with Gasteiger partial charge in [-0.25, -0.2) is 0 Å². The molecule has 0 atom stereocenters. The lowest BCUT2D eigenvalue weighted by Crippen LogP contribution is -2.39. The number of ether oxygens (including phenoxy) is 2. The van der Waals surface area contributed by atoms with Crippen LogP contribution in [0.4, 0.5) is 0 Å². The molecule has 0 aromatic heterocycles. The van der Waals surface area contributed by atoms with Crippen molar-refractivity contribution >= 4 is 18.0 Å². The minimum Gasteiger partial charge on any atom is -0.493 e. The largest absolute Gasteiger partial charge is 0.493 e. The number of likely N-dealkylation sites (tertiary alicyclic amines) is 1. The lowest BCUT2D eigenvalue weighted by Gasteiger charge is -2.29. The van der Waals surface area contributed by atoms with Crippen molar-refractivity contribution in [1.82, 2.24) is 4.90 Å². The second-order valence-corrected chi connectivity index (χ2v) is 6.35. The Bertz CT molecular complexity index is 645. The Kier molecular flexibility index (Phi) is 6.44. The number of rotatable bonds is 6. The molecule has 1 heterocycles. The summed E-state index contributed by atoms with van der Waals surface area (Å²) in [6, 6.07) is 5.50. The maximum absolute atomic E-state index is 12.3. The third kappa shape index (κ3) is 5.24. The minimum atomic E-state index is -0.779. The summed E-state index contributed by atoms with van der Waals surface area (Å²) in [5.41, 5.74) is 0.835. The van der Waals surface area contributed by atoms with Gasteiger partial charge in [-0.05, 0) is 50.5 Å². The molecule has 0 radical (unpaired) electrons. The van der Waals surface area contributed by atoms with Crippen LogP contribution in [0.2, 0.25) is 0 Å². The minimum absolute atomic E-state index is 0.0469. The third-order valence-corrected chi connectivity index (χ3v) is 4.12. The van der Waals surface area contributed by atoms with Crippen LogP contribution >= 0.6 is 0 Å². The highest BCUT2D eigenvalue weighted by Crippen LogP contribution is 2.29. The van der Waals surface area contributed by atoms with Crippen molar-refractivity contribution in [3.8, 4) is 11.5 Å². The van der Waals surface area contributed by atoms with E-state index < -0.39 is 5.97 Å². The maximum Gasteiger partial charge on any atom is 0.306 e. The highest BCUT2D eigenvalue weighted by atomic mass is 16.5. The Morgan fingerprint density at radius 2 is 1.92 bits per heavy atom. The van der Waals surface area contributed by atoms with Crippen LogP contribution in [-0.2, 0) is 9.59 Å². The van der Waals surface area contributed by atoms with Gasteiger partial charge in [-0.3, -0.25) is 9.59 Å². The van der Waals surface area contributed by atoms with Crippen molar-refractivity contribution in [1.29, 1.82) is 0 Å². The molecule has 1 aliphatic heterocycles. The van der Waals surface area contributed by atoms with E-state index in [4.69, 9.17) is 14.6 Å². The van der Waals surface area contributed by atoms with E-state index in [-0.39, 0.29) is 17.9 Å². The van der Waals surface area contributed by atoms with Crippen LogP contribution in [0.5, 0.6) is 11.5 Å². The standard InChI is InChI=1S/C19H25NO5/c1-13(2)25-16-6-4-14(12-17(16)24-3)5-7-18(21)20-10-8-15(9-11-20)19(22)23/h4-7,12-13,15H,8-11H2,1-3H3,(H,22,23)/b7-5+. The van der Waals surface area contributed by atoms with Crippen LogP contribution < -0.4 is 9.47 Å². The number of nitrogens with zero attached hydrogens (tertiary/aromatic N) is 1. The molecule has 0 aliphatic carbocycles. The van der Waals surface area contributed by atoms with Gasteiger partial charge in [-0.15, -0.1) is 0 Å². The van der Waals surface area contributed by atoms with Crippen LogP contribution in [0, 0.1) is 5.92 Å². The molecule has 1 amide bonds. The highest BCUT2D eigenvalue weighted by Gasteiger charge is 2.25. The Morgan fingerprint density at radius 1 is 1.24 bits per heavy atom. The van der Waals surface area contributed by atoms with Crippen molar-refractivity contribution in [2.75, 3.05) is 20.2 Å². The third-order valence-electron chi connectivity index (χ3n) is 4.12. The van der Waals surface area contributed by atoms with E-state index >= 15 is 0 Å². The van der Waals surface area contributed by atoms with E-state index in [2.05, 4.69) is 0 Å². The molecule has 0 unspecified atom stereocenters. The number of aliphatic carboxylic acids is 1. The number of carbonyl (C=O) groups excluding carboxylic acids is 1. The molecule has 2 rings (SSSR count). The first-order chi connectivity index (χ1) is 11.9. The smallest absolute Gasteiger partial charge is 0.306 e. The van der Waals surface area contributed by atoms with Gasteiger partial charge in [0.25, 0.3) is 0 Å². The van der Waals surface area contributed by atoms with E-state index in [1.54, 1.807) is 18.1 Å². The lowest BCUT2D eigenvalue weighted by atomic mass is 9.97. The fraction of sp³-hybridized carbons (Fsp3) is 0.474. The molecular formula is C19H25NO5. The van der Waals surface area contributed by atoms with Crippen molar-refractivity contribution in [3.05, 3.63) is 29.8 Å². The average molecular weight is 347 g/mol. The molecule has 1 fully saturated rings. The molecule has 1 aliphatic rings. The van der Waals surface area contributed by atoms with Crippen molar-refractivity contribution in [3.63, 3.8) is 0 Å². The van der Waals surface area contributed by atoms with Crippen LogP contribution in [0.3, 0.4) is 0 Å². The van der Waals surface area contributed by atoms with Gasteiger partial charge < -0.3 is 19.5 Å². The van der Waals surface area contributed by atoms with Crippen molar-refractivity contribution in [2.45, 2.75) is 32.8 Å². The molecule has 136 valence electrons. The Morgan fingerprint density at radius 3 is 2.48 bits per heavy atom. The van der Waals surface area contributed by atoms with Crippen LogP contribution in [0.25, 0.3) is 6.08 Å². The molecule has 1 saturated heterocycles. The van der Waals surface area contributed by atoms with Gasteiger partial charge in [0.05, 0.1) is 19.1 Å². The van der Waals surface area contributed by atoms with E-state index in [0.717, 1.165) is 5.56 Å². The van der Waals surface area contributed by atoms with Crippen LogP contribution in [-0.4, -0.2) is 48.2 Å². The predicted octanol–water partition coefficient (Wildman–Crippen LogP) is 2.82. The molecule has 1 aromatic rings. The van der Waals surface area contributed by atoms with Gasteiger partial charge in [-0.1, -0.05) is 6.07 Å². The number of carboxylic acid groups (broad SMARTS) is 1. The summed E-state index contributed by atoms with van der Waals surface area (Å²) < 4.78 is 11.0. The number of carboxylic acids is 1. The quantitative estimate of drug-likeness (QED) is 0.801. The maximum atomic E-state index is 12.3. The van der Waals surface area contributed by atoms with Gasteiger partial charge in [0.1, 0.15) is 0 Å². The highest BCUT2D eigenvalue weighted by molar-refractivity contribution is 5.92. The molecule has 25 heavy (non-hydrogen) atoms. The summed E-state index contributed by atoms with van der Waals surface area (Å²) in [5.74, 6) is 0.0526. The molecule has 1 N–H and O–H groups in total. The normalized spacial score (nSPS) is 15.6. The summed E-state index contributed by atoms with van der Waals surface area (Å²) in [7, 11) is 1.58. The number of carbonyl (C=O) groups is 2. The second kappa shape index (κ2) is 8.55. The number of hydrogen-bond acceptors (Lipinski definition) is 4. The first kappa shape index (κ1) is 18.8. The predicted molar refractivity (Wildman–Crippen MR) is 94.7 cm³/mol. The number of hydrogen-bond donors (Lipinski definition) is 1. The monoisotopic (exact) mass is 347 g/mol. The first-order valence-corrected chi connectivity index (χ1v) is 8.45. The Labute approximate surface area is 148 Å². The van der Waals surface area contributed by atoms with Crippen LogP contribution in [0.15, 0.2) is 24.3 Å². The first-order valence-electron chi connectivity index (χ1n) is 8.45. The lowest BCUT2D eigenvalue weighted by molar-refractivity contribution is -0.144. The van der Waals surface area contributed by atoms with Gasteiger partial charge in [-0.2, -0.15) is 0 Å². The van der Waals surface area contributed by atoms with Gasteiger partial charge in [0.2, 0.25) is 5.91 Å². The van der Waals surface area contributed by atoms with E-state index in [9.17, 15) is 9.59 Å². The molecule has 6 heteroatoms. The summed E-state index contributed by atoms with van der Waals surface area (Å²) in [6.45, 7) is 4.84. The number of benzene rings is 1. The summed E-state index contributed by atoms with van der Waals surface area (Å²) in [5, 5.41) is 9.00. The fourth-order valence-corrected chi connectivity index (χ4v) is 2.76. The van der Waals surface area contributed by atoms with E-state index in [0.29, 0.717) is 37.4 Å². The number of piperidine rings is 1. The average Bonchev–Trinajstić information content (AvgIpc) is 2.60. The summed E-state index contributed by atoms with van der Waals surface area (Å²) in [6.07, 6.45) is 4.30. The molecule has 0 bridgehead atoms. The molecule has 1 aromatic carbocycles. The van der Waals surface area contributed by atoms with Gasteiger partial charge in [0.15, 0.2) is 11.5 Å². The van der Waals surface area contributed by atoms with E-state index in [1.807, 2.05) is 32.0 Å². The summed E-state index contributed by atoms with van der Waals surface area (Å²) >= 11 is 0. The number of amides is 1. The Hall–Kier alpha value is -2.50. The van der Waals surface area contributed by atoms with Crippen molar-refractivity contribution < 1.29 is 24.2 Å². The van der Waals surface area contributed by atoms with Gasteiger partial charge >= 0.3 is 5.97 Å². The zero-order valence-corrected chi connectivity index (χ0v) is 14.9. The summed E-state index contributed by atoms with van der Waals surface area (Å²) in [4.78, 5) is 24.9.